The second-order valence-electron chi connectivity index (χ2n) is 5.26. The van der Waals surface area contributed by atoms with E-state index in [1.54, 1.807) is 0 Å². The number of nitrogens with one attached hydrogen (secondary N) is 2. The predicted molar refractivity (Wildman–Crippen MR) is 76.9 cm³/mol. The SMILES string of the molecule is CCCCNC(=NCC1(O)CCCCC1)NCC. The molecule has 0 heterocycles. The summed E-state index contributed by atoms with van der Waals surface area (Å²) in [6.45, 7) is 6.56. The first-order valence-corrected chi connectivity index (χ1v) is 7.45. The second-order valence-corrected chi connectivity index (χ2v) is 5.26. The van der Waals surface area contributed by atoms with Gasteiger partial charge in [0.05, 0.1) is 12.1 Å². The van der Waals surface area contributed by atoms with Gasteiger partial charge in [0.15, 0.2) is 5.96 Å². The minimum absolute atomic E-state index is 0.522. The molecule has 1 saturated carbocycles. The van der Waals surface area contributed by atoms with Crippen molar-refractivity contribution in [2.24, 2.45) is 4.99 Å². The second kappa shape index (κ2) is 8.35. The summed E-state index contributed by atoms with van der Waals surface area (Å²) in [7, 11) is 0. The fraction of sp³-hybridized carbons (Fsp3) is 0.929. The zero-order chi connectivity index (χ0) is 13.3. The van der Waals surface area contributed by atoms with Crippen molar-refractivity contribution in [3.8, 4) is 0 Å². The van der Waals surface area contributed by atoms with E-state index in [1.165, 1.54) is 12.8 Å². The quantitative estimate of drug-likeness (QED) is 0.387. The molecule has 1 fully saturated rings. The molecule has 1 aliphatic rings. The maximum Gasteiger partial charge on any atom is 0.191 e. The van der Waals surface area contributed by atoms with Gasteiger partial charge >= 0.3 is 0 Å². The molecule has 0 aromatic heterocycles. The molecule has 0 spiro atoms. The first-order valence-electron chi connectivity index (χ1n) is 7.45. The van der Waals surface area contributed by atoms with Gasteiger partial charge in [0.2, 0.25) is 0 Å². The predicted octanol–water partition coefficient (Wildman–Crippen LogP) is 2.04. The van der Waals surface area contributed by atoms with Gasteiger partial charge in [0.25, 0.3) is 0 Å². The molecule has 18 heavy (non-hydrogen) atoms. The van der Waals surface area contributed by atoms with Crippen LogP contribution in [-0.4, -0.2) is 36.3 Å². The Morgan fingerprint density at radius 1 is 1.17 bits per heavy atom. The van der Waals surface area contributed by atoms with Crippen LogP contribution in [0.5, 0.6) is 0 Å². The van der Waals surface area contributed by atoms with Crippen LogP contribution in [0.1, 0.15) is 58.8 Å². The van der Waals surface area contributed by atoms with Crippen LogP contribution in [0, 0.1) is 0 Å². The minimum Gasteiger partial charge on any atom is -0.388 e. The number of aliphatic imine (C=N–C) groups is 1. The Balaban J connectivity index is 2.42. The topological polar surface area (TPSA) is 56.7 Å². The number of hydrogen-bond donors (Lipinski definition) is 3. The molecule has 0 amide bonds. The molecule has 1 rings (SSSR count). The fourth-order valence-electron chi connectivity index (χ4n) is 2.32. The molecule has 4 heteroatoms. The van der Waals surface area contributed by atoms with Crippen molar-refractivity contribution in [3.05, 3.63) is 0 Å². The molecule has 0 radical (unpaired) electrons. The van der Waals surface area contributed by atoms with E-state index in [2.05, 4.69) is 29.5 Å². The Morgan fingerprint density at radius 3 is 2.50 bits per heavy atom. The highest BCUT2D eigenvalue weighted by molar-refractivity contribution is 5.79. The van der Waals surface area contributed by atoms with Gasteiger partial charge in [0, 0.05) is 13.1 Å². The van der Waals surface area contributed by atoms with Crippen LogP contribution in [0.25, 0.3) is 0 Å². The summed E-state index contributed by atoms with van der Waals surface area (Å²) >= 11 is 0. The van der Waals surface area contributed by atoms with E-state index in [0.717, 1.165) is 51.2 Å². The summed E-state index contributed by atoms with van der Waals surface area (Å²) in [5.74, 6) is 0.838. The largest absolute Gasteiger partial charge is 0.388 e. The first kappa shape index (κ1) is 15.3. The minimum atomic E-state index is -0.564. The van der Waals surface area contributed by atoms with Crippen LogP contribution in [0.15, 0.2) is 4.99 Å². The number of guanidine groups is 1. The number of hydrogen-bond acceptors (Lipinski definition) is 2. The number of nitrogens with zero attached hydrogens (tertiary/aromatic N) is 1. The Labute approximate surface area is 111 Å². The molecule has 0 atom stereocenters. The molecule has 0 bridgehead atoms. The third kappa shape index (κ3) is 5.71. The molecular formula is C14H29N3O. The Morgan fingerprint density at radius 2 is 1.89 bits per heavy atom. The zero-order valence-corrected chi connectivity index (χ0v) is 12.0. The smallest absolute Gasteiger partial charge is 0.191 e. The number of aliphatic hydroxyl groups is 1. The third-order valence-electron chi connectivity index (χ3n) is 3.48. The summed E-state index contributed by atoms with van der Waals surface area (Å²) in [6.07, 6.45) is 7.62. The van der Waals surface area contributed by atoms with E-state index in [9.17, 15) is 5.11 Å². The highest BCUT2D eigenvalue weighted by Crippen LogP contribution is 2.28. The zero-order valence-electron chi connectivity index (χ0n) is 12.0. The van der Waals surface area contributed by atoms with Crippen LogP contribution in [-0.2, 0) is 0 Å². The number of unbranched alkanes of at least 4 members (excludes halogenated alkanes) is 1. The van der Waals surface area contributed by atoms with Crippen molar-refractivity contribution in [2.45, 2.75) is 64.4 Å². The average Bonchev–Trinajstić information content (AvgIpc) is 2.37. The summed E-state index contributed by atoms with van der Waals surface area (Å²) in [6, 6.07) is 0. The van der Waals surface area contributed by atoms with Gasteiger partial charge in [-0.2, -0.15) is 0 Å². The molecule has 3 N–H and O–H groups in total. The van der Waals surface area contributed by atoms with E-state index in [4.69, 9.17) is 0 Å². The van der Waals surface area contributed by atoms with Crippen LogP contribution in [0.3, 0.4) is 0 Å². The molecule has 0 unspecified atom stereocenters. The van der Waals surface area contributed by atoms with E-state index in [0.29, 0.717) is 6.54 Å². The van der Waals surface area contributed by atoms with Gasteiger partial charge in [0.1, 0.15) is 0 Å². The Hall–Kier alpha value is -0.770. The lowest BCUT2D eigenvalue weighted by Crippen LogP contribution is -2.41. The van der Waals surface area contributed by atoms with Crippen LogP contribution >= 0.6 is 0 Å². The number of rotatable bonds is 6. The van der Waals surface area contributed by atoms with E-state index < -0.39 is 5.60 Å². The van der Waals surface area contributed by atoms with Gasteiger partial charge in [-0.3, -0.25) is 4.99 Å². The molecule has 0 aliphatic heterocycles. The van der Waals surface area contributed by atoms with Gasteiger partial charge in [-0.05, 0) is 26.2 Å². The van der Waals surface area contributed by atoms with E-state index in [1.807, 2.05) is 0 Å². The van der Waals surface area contributed by atoms with E-state index >= 15 is 0 Å². The van der Waals surface area contributed by atoms with Crippen molar-refractivity contribution >= 4 is 5.96 Å². The molecule has 0 saturated heterocycles. The van der Waals surface area contributed by atoms with Gasteiger partial charge in [-0.25, -0.2) is 0 Å². The molecular weight excluding hydrogens is 226 g/mol. The maximum absolute atomic E-state index is 10.4. The van der Waals surface area contributed by atoms with Gasteiger partial charge in [-0.15, -0.1) is 0 Å². The molecule has 106 valence electrons. The van der Waals surface area contributed by atoms with Crippen LogP contribution in [0.4, 0.5) is 0 Å². The lowest BCUT2D eigenvalue weighted by atomic mass is 9.85. The molecule has 0 aromatic rings. The lowest BCUT2D eigenvalue weighted by Gasteiger charge is -2.30. The van der Waals surface area contributed by atoms with Crippen molar-refractivity contribution in [1.82, 2.24) is 10.6 Å². The Bertz CT molecular complexity index is 247. The van der Waals surface area contributed by atoms with Gasteiger partial charge < -0.3 is 15.7 Å². The monoisotopic (exact) mass is 255 g/mol. The summed E-state index contributed by atoms with van der Waals surface area (Å²) in [4.78, 5) is 4.53. The fourth-order valence-corrected chi connectivity index (χ4v) is 2.32. The van der Waals surface area contributed by atoms with E-state index in [-0.39, 0.29) is 0 Å². The maximum atomic E-state index is 10.4. The highest BCUT2D eigenvalue weighted by Gasteiger charge is 2.28. The average molecular weight is 255 g/mol. The van der Waals surface area contributed by atoms with Crippen molar-refractivity contribution < 1.29 is 5.11 Å². The molecule has 0 aromatic carbocycles. The van der Waals surface area contributed by atoms with Crippen molar-refractivity contribution in [1.29, 1.82) is 0 Å². The standard InChI is InChI=1S/C14H29N3O/c1-3-5-11-16-13(15-4-2)17-12-14(18)9-7-6-8-10-14/h18H,3-12H2,1-2H3,(H2,15,16,17). The summed E-state index contributed by atoms with van der Waals surface area (Å²) in [5.41, 5.74) is -0.564. The third-order valence-corrected chi connectivity index (χ3v) is 3.48. The molecule has 1 aliphatic carbocycles. The van der Waals surface area contributed by atoms with Gasteiger partial charge in [-0.1, -0.05) is 32.6 Å². The Kier molecular flexibility index (Phi) is 7.09. The van der Waals surface area contributed by atoms with Crippen molar-refractivity contribution in [3.63, 3.8) is 0 Å². The van der Waals surface area contributed by atoms with Crippen LogP contribution < -0.4 is 10.6 Å². The lowest BCUT2D eigenvalue weighted by molar-refractivity contribution is 0.0131. The summed E-state index contributed by atoms with van der Waals surface area (Å²) < 4.78 is 0. The van der Waals surface area contributed by atoms with Crippen molar-refractivity contribution in [2.75, 3.05) is 19.6 Å². The first-order chi connectivity index (χ1) is 8.70. The summed E-state index contributed by atoms with van der Waals surface area (Å²) in [5, 5.41) is 16.9. The normalized spacial score (nSPS) is 19.6. The highest BCUT2D eigenvalue weighted by atomic mass is 16.3. The molecule has 4 nitrogen and oxygen atoms in total. The van der Waals surface area contributed by atoms with Crippen LogP contribution in [0.2, 0.25) is 0 Å².